The fourth-order valence-electron chi connectivity index (χ4n) is 2.07. The molecule has 0 aromatic heterocycles. The van der Waals surface area contributed by atoms with Gasteiger partial charge in [0.05, 0.1) is 6.07 Å². The number of carbonyl (C=O) groups is 1. The van der Waals surface area contributed by atoms with Crippen molar-refractivity contribution in [2.24, 2.45) is 5.41 Å². The van der Waals surface area contributed by atoms with Crippen molar-refractivity contribution in [3.63, 3.8) is 0 Å². The molecular weight excluding hydrogens is 247 g/mol. The first kappa shape index (κ1) is 13.3. The molecule has 0 radical (unpaired) electrons. The summed E-state index contributed by atoms with van der Waals surface area (Å²) < 4.78 is 18.0. The van der Waals surface area contributed by atoms with E-state index in [-0.39, 0.29) is 13.2 Å². The van der Waals surface area contributed by atoms with Gasteiger partial charge in [-0.05, 0) is 12.0 Å². The molecule has 0 bridgehead atoms. The Morgan fingerprint density at radius 2 is 2.21 bits per heavy atom. The van der Waals surface area contributed by atoms with Crippen molar-refractivity contribution in [3.05, 3.63) is 35.9 Å². The third-order valence-corrected chi connectivity index (χ3v) is 3.31. The number of nitriles is 1. The molecule has 4 nitrogen and oxygen atoms in total. The van der Waals surface area contributed by atoms with Gasteiger partial charge in [0.2, 0.25) is 0 Å². The fraction of sp³-hybridized carbons (Fsp3) is 0.429. The molecule has 0 spiro atoms. The van der Waals surface area contributed by atoms with E-state index in [0.29, 0.717) is 13.0 Å². The third kappa shape index (κ3) is 3.02. The van der Waals surface area contributed by atoms with Gasteiger partial charge in [-0.3, -0.25) is 0 Å². The molecule has 1 heterocycles. The highest BCUT2D eigenvalue weighted by Gasteiger charge is 2.41. The number of ether oxygens (including phenoxy) is 1. The highest BCUT2D eigenvalue weighted by atomic mass is 19.1. The van der Waals surface area contributed by atoms with Crippen LogP contribution in [0.4, 0.5) is 9.18 Å². The van der Waals surface area contributed by atoms with Crippen molar-refractivity contribution >= 4 is 6.09 Å². The maximum Gasteiger partial charge on any atom is 0.410 e. The Bertz CT molecular complexity index is 486. The van der Waals surface area contributed by atoms with Crippen LogP contribution in [-0.4, -0.2) is 30.8 Å². The van der Waals surface area contributed by atoms with Gasteiger partial charge in [0.15, 0.2) is 0 Å². The molecule has 2 rings (SSSR count). The van der Waals surface area contributed by atoms with Crippen LogP contribution < -0.4 is 0 Å². The van der Waals surface area contributed by atoms with E-state index >= 15 is 0 Å². The standard InChI is InChI=1S/C14H15FN2O2/c15-9-14(10-16)6-7-17(11-14)13(18)19-8-12-4-2-1-3-5-12/h1-5H,6-9,11H2. The van der Waals surface area contributed by atoms with E-state index in [1.807, 2.05) is 36.4 Å². The summed E-state index contributed by atoms with van der Waals surface area (Å²) in [6.07, 6.45) is -0.130. The average Bonchev–Trinajstić information content (AvgIpc) is 2.91. The Labute approximate surface area is 111 Å². The molecule has 1 aromatic carbocycles. The lowest BCUT2D eigenvalue weighted by atomic mass is 9.91. The molecule has 1 unspecified atom stereocenters. The minimum Gasteiger partial charge on any atom is -0.445 e. The Kier molecular flexibility index (Phi) is 4.00. The molecule has 0 aliphatic carbocycles. The molecule has 19 heavy (non-hydrogen) atoms. The molecule has 0 N–H and O–H groups in total. The summed E-state index contributed by atoms with van der Waals surface area (Å²) in [6, 6.07) is 11.3. The van der Waals surface area contributed by atoms with Gasteiger partial charge in [-0.15, -0.1) is 0 Å². The molecule has 1 amide bonds. The van der Waals surface area contributed by atoms with Crippen molar-refractivity contribution < 1.29 is 13.9 Å². The highest BCUT2D eigenvalue weighted by Crippen LogP contribution is 2.30. The van der Waals surface area contributed by atoms with Gasteiger partial charge in [-0.2, -0.15) is 5.26 Å². The number of benzene rings is 1. The van der Waals surface area contributed by atoms with E-state index in [1.165, 1.54) is 4.90 Å². The number of alkyl halides is 1. The van der Waals surface area contributed by atoms with E-state index in [1.54, 1.807) is 0 Å². The number of halogens is 1. The number of hydrogen-bond donors (Lipinski definition) is 0. The molecule has 1 fully saturated rings. The van der Waals surface area contributed by atoms with Gasteiger partial charge < -0.3 is 9.64 Å². The van der Waals surface area contributed by atoms with Gasteiger partial charge in [0.25, 0.3) is 0 Å². The van der Waals surface area contributed by atoms with Crippen molar-refractivity contribution in [2.75, 3.05) is 19.8 Å². The van der Waals surface area contributed by atoms with Crippen LogP contribution in [0.25, 0.3) is 0 Å². The Balaban J connectivity index is 1.87. The maximum atomic E-state index is 12.8. The Hall–Kier alpha value is -2.09. The van der Waals surface area contributed by atoms with Crippen LogP contribution in [0.1, 0.15) is 12.0 Å². The second kappa shape index (κ2) is 5.70. The molecule has 5 heteroatoms. The maximum absolute atomic E-state index is 12.8. The number of rotatable bonds is 3. The summed E-state index contributed by atoms with van der Waals surface area (Å²) in [5.41, 5.74) is -0.154. The van der Waals surface area contributed by atoms with Crippen molar-refractivity contribution in [1.29, 1.82) is 5.26 Å². The summed E-state index contributed by atoms with van der Waals surface area (Å²) in [5.74, 6) is 0. The summed E-state index contributed by atoms with van der Waals surface area (Å²) in [7, 11) is 0. The van der Waals surface area contributed by atoms with Crippen molar-refractivity contribution in [2.45, 2.75) is 13.0 Å². The third-order valence-electron chi connectivity index (χ3n) is 3.31. The molecule has 1 aliphatic rings. The van der Waals surface area contributed by atoms with E-state index in [2.05, 4.69) is 0 Å². The number of amides is 1. The van der Waals surface area contributed by atoms with Crippen LogP contribution in [0.2, 0.25) is 0 Å². The summed E-state index contributed by atoms with van der Waals surface area (Å²) in [5, 5.41) is 8.96. The van der Waals surface area contributed by atoms with Crippen LogP contribution in [0.15, 0.2) is 30.3 Å². The van der Waals surface area contributed by atoms with Crippen molar-refractivity contribution in [3.8, 4) is 6.07 Å². The molecule has 0 saturated carbocycles. The lowest BCUT2D eigenvalue weighted by Gasteiger charge is -2.18. The van der Waals surface area contributed by atoms with Gasteiger partial charge in [0.1, 0.15) is 18.7 Å². The quantitative estimate of drug-likeness (QED) is 0.841. The topological polar surface area (TPSA) is 53.3 Å². The molecular formula is C14H15FN2O2. The Morgan fingerprint density at radius 3 is 2.79 bits per heavy atom. The van der Waals surface area contributed by atoms with Crippen molar-refractivity contribution in [1.82, 2.24) is 4.90 Å². The largest absolute Gasteiger partial charge is 0.445 e. The minimum absolute atomic E-state index is 0.105. The minimum atomic E-state index is -1.05. The first-order chi connectivity index (χ1) is 9.19. The summed E-state index contributed by atoms with van der Waals surface area (Å²) >= 11 is 0. The van der Waals surface area contributed by atoms with E-state index < -0.39 is 18.2 Å². The van der Waals surface area contributed by atoms with Crippen LogP contribution in [-0.2, 0) is 11.3 Å². The smallest absolute Gasteiger partial charge is 0.410 e. The SMILES string of the molecule is N#CC1(CF)CCN(C(=O)OCc2ccccc2)C1. The number of carbonyl (C=O) groups excluding carboxylic acids is 1. The Morgan fingerprint density at radius 1 is 1.47 bits per heavy atom. The first-order valence-electron chi connectivity index (χ1n) is 6.12. The second-order valence-corrected chi connectivity index (χ2v) is 4.74. The zero-order valence-corrected chi connectivity index (χ0v) is 10.5. The summed E-state index contributed by atoms with van der Waals surface area (Å²) in [6.45, 7) is -0.0734. The lowest BCUT2D eigenvalue weighted by molar-refractivity contribution is 0.101. The van der Waals surface area contributed by atoms with Crippen LogP contribution in [0.5, 0.6) is 0 Å². The van der Waals surface area contributed by atoms with E-state index in [9.17, 15) is 9.18 Å². The van der Waals surface area contributed by atoms with Gasteiger partial charge in [0, 0.05) is 13.1 Å². The predicted octanol–water partition coefficient (Wildman–Crippen LogP) is 2.51. The molecule has 1 aliphatic heterocycles. The zero-order chi connectivity index (χ0) is 13.7. The van der Waals surface area contributed by atoms with Gasteiger partial charge in [-0.25, -0.2) is 9.18 Å². The van der Waals surface area contributed by atoms with Crippen LogP contribution in [0.3, 0.4) is 0 Å². The highest BCUT2D eigenvalue weighted by molar-refractivity contribution is 5.68. The number of hydrogen-bond acceptors (Lipinski definition) is 3. The van der Waals surface area contributed by atoms with Gasteiger partial charge >= 0.3 is 6.09 Å². The van der Waals surface area contributed by atoms with Gasteiger partial charge in [-0.1, -0.05) is 30.3 Å². The first-order valence-corrected chi connectivity index (χ1v) is 6.12. The van der Waals surface area contributed by atoms with Crippen LogP contribution >= 0.6 is 0 Å². The second-order valence-electron chi connectivity index (χ2n) is 4.74. The number of nitrogens with zero attached hydrogens (tertiary/aromatic N) is 2. The predicted molar refractivity (Wildman–Crippen MR) is 66.8 cm³/mol. The number of likely N-dealkylation sites (tertiary alicyclic amines) is 1. The lowest BCUT2D eigenvalue weighted by Crippen LogP contribution is -2.32. The average molecular weight is 262 g/mol. The van der Waals surface area contributed by atoms with Crippen LogP contribution in [0, 0.1) is 16.7 Å². The molecule has 1 atom stereocenters. The molecule has 1 saturated heterocycles. The monoisotopic (exact) mass is 262 g/mol. The summed E-state index contributed by atoms with van der Waals surface area (Å²) in [4.78, 5) is 13.2. The zero-order valence-electron chi connectivity index (χ0n) is 10.5. The molecule has 100 valence electrons. The molecule has 1 aromatic rings. The fourth-order valence-corrected chi connectivity index (χ4v) is 2.07. The van der Waals surface area contributed by atoms with E-state index in [0.717, 1.165) is 5.56 Å². The van der Waals surface area contributed by atoms with E-state index in [4.69, 9.17) is 10.00 Å². The normalized spacial score (nSPS) is 22.0.